The first kappa shape index (κ1) is 13.1. The average Bonchev–Trinajstić information content (AvgIpc) is 2.78. The molecule has 0 saturated carbocycles. The topological polar surface area (TPSA) is 77.2 Å². The van der Waals surface area contributed by atoms with Crippen LogP contribution in [0.2, 0.25) is 0 Å². The first-order valence-electron chi connectivity index (χ1n) is 5.94. The van der Waals surface area contributed by atoms with Crippen molar-refractivity contribution in [2.75, 3.05) is 6.61 Å². The maximum absolute atomic E-state index is 10.5. The van der Waals surface area contributed by atoms with Crippen LogP contribution in [-0.4, -0.2) is 32.7 Å². The van der Waals surface area contributed by atoms with Crippen molar-refractivity contribution < 1.29 is 14.6 Å². The van der Waals surface area contributed by atoms with E-state index < -0.39 is 5.97 Å². The summed E-state index contributed by atoms with van der Waals surface area (Å²) in [7, 11) is 0. The van der Waals surface area contributed by atoms with Crippen LogP contribution in [-0.2, 0) is 17.8 Å². The standard InChI is InChI=1S/C13H15N3O3/c1-10-2-4-12(5-3-10)19-7-6-16-9-11(14-15-16)8-13(17)18/h2-5,9H,6-8H2,1H3,(H,17,18). The van der Waals surface area contributed by atoms with Crippen LogP contribution in [0.3, 0.4) is 0 Å². The SMILES string of the molecule is Cc1ccc(OCCn2cc(CC(=O)O)nn2)cc1. The van der Waals surface area contributed by atoms with Gasteiger partial charge < -0.3 is 9.84 Å². The van der Waals surface area contributed by atoms with Gasteiger partial charge in [-0.25, -0.2) is 4.68 Å². The van der Waals surface area contributed by atoms with Gasteiger partial charge in [-0.05, 0) is 19.1 Å². The number of rotatable bonds is 6. The summed E-state index contributed by atoms with van der Waals surface area (Å²) in [6, 6.07) is 7.78. The summed E-state index contributed by atoms with van der Waals surface area (Å²) in [5.74, 6) is -0.112. The van der Waals surface area contributed by atoms with E-state index in [1.807, 2.05) is 31.2 Å². The summed E-state index contributed by atoms with van der Waals surface area (Å²) in [5.41, 5.74) is 1.63. The minimum absolute atomic E-state index is 0.112. The van der Waals surface area contributed by atoms with E-state index >= 15 is 0 Å². The largest absolute Gasteiger partial charge is 0.492 e. The molecule has 0 radical (unpaired) electrons. The molecule has 2 aromatic rings. The Bertz CT molecular complexity index is 549. The Labute approximate surface area is 110 Å². The van der Waals surface area contributed by atoms with Crippen LogP contribution in [0.25, 0.3) is 0 Å². The molecule has 1 aromatic heterocycles. The van der Waals surface area contributed by atoms with Crippen molar-refractivity contribution in [2.24, 2.45) is 0 Å². The summed E-state index contributed by atoms with van der Waals surface area (Å²) in [6.07, 6.45) is 1.51. The van der Waals surface area contributed by atoms with Crippen LogP contribution < -0.4 is 4.74 Å². The number of aryl methyl sites for hydroxylation is 1. The molecule has 0 aliphatic heterocycles. The van der Waals surface area contributed by atoms with Gasteiger partial charge in [-0.1, -0.05) is 22.9 Å². The molecule has 0 aliphatic rings. The summed E-state index contributed by atoms with van der Waals surface area (Å²) >= 11 is 0. The third-order valence-corrected chi connectivity index (χ3v) is 2.53. The fourth-order valence-electron chi connectivity index (χ4n) is 1.58. The van der Waals surface area contributed by atoms with Gasteiger partial charge in [-0.3, -0.25) is 4.79 Å². The highest BCUT2D eigenvalue weighted by atomic mass is 16.5. The van der Waals surface area contributed by atoms with Crippen molar-refractivity contribution in [2.45, 2.75) is 19.9 Å². The maximum atomic E-state index is 10.5. The van der Waals surface area contributed by atoms with E-state index in [2.05, 4.69) is 10.3 Å². The molecular weight excluding hydrogens is 246 g/mol. The van der Waals surface area contributed by atoms with Crippen LogP contribution in [0, 0.1) is 6.92 Å². The van der Waals surface area contributed by atoms with Crippen LogP contribution >= 0.6 is 0 Å². The number of nitrogens with zero attached hydrogens (tertiary/aromatic N) is 3. The van der Waals surface area contributed by atoms with Gasteiger partial charge in [0.1, 0.15) is 12.4 Å². The predicted molar refractivity (Wildman–Crippen MR) is 68.0 cm³/mol. The van der Waals surface area contributed by atoms with Crippen molar-refractivity contribution in [1.29, 1.82) is 0 Å². The highest BCUT2D eigenvalue weighted by Crippen LogP contribution is 2.11. The zero-order valence-corrected chi connectivity index (χ0v) is 10.6. The van der Waals surface area contributed by atoms with E-state index in [0.717, 1.165) is 5.75 Å². The second-order valence-electron chi connectivity index (χ2n) is 4.20. The first-order chi connectivity index (χ1) is 9.13. The van der Waals surface area contributed by atoms with Gasteiger partial charge in [0.25, 0.3) is 0 Å². The number of benzene rings is 1. The predicted octanol–water partition coefficient (Wildman–Crippen LogP) is 1.29. The van der Waals surface area contributed by atoms with Crippen LogP contribution in [0.5, 0.6) is 5.75 Å². The molecule has 0 bridgehead atoms. The molecule has 2 rings (SSSR count). The van der Waals surface area contributed by atoms with Crippen molar-refractivity contribution in [3.05, 3.63) is 41.7 Å². The summed E-state index contributed by atoms with van der Waals surface area (Å²) < 4.78 is 7.13. The molecule has 1 heterocycles. The first-order valence-corrected chi connectivity index (χ1v) is 5.94. The summed E-state index contributed by atoms with van der Waals surface area (Å²) in [6.45, 7) is 3.00. The molecule has 0 atom stereocenters. The second-order valence-corrected chi connectivity index (χ2v) is 4.20. The molecule has 100 valence electrons. The van der Waals surface area contributed by atoms with Gasteiger partial charge in [0.05, 0.1) is 18.7 Å². The van der Waals surface area contributed by atoms with Crippen LogP contribution in [0.1, 0.15) is 11.3 Å². The van der Waals surface area contributed by atoms with Crippen molar-refractivity contribution in [3.8, 4) is 5.75 Å². The number of carboxylic acids is 1. The van der Waals surface area contributed by atoms with E-state index in [0.29, 0.717) is 18.8 Å². The lowest BCUT2D eigenvalue weighted by molar-refractivity contribution is -0.136. The smallest absolute Gasteiger partial charge is 0.309 e. The molecular formula is C13H15N3O3. The third kappa shape index (κ3) is 4.09. The van der Waals surface area contributed by atoms with E-state index in [1.165, 1.54) is 5.56 Å². The Hall–Kier alpha value is -2.37. The molecule has 0 amide bonds. The fraction of sp³-hybridized carbons (Fsp3) is 0.308. The fourth-order valence-corrected chi connectivity index (χ4v) is 1.58. The zero-order valence-electron chi connectivity index (χ0n) is 10.6. The third-order valence-electron chi connectivity index (χ3n) is 2.53. The van der Waals surface area contributed by atoms with Gasteiger partial charge in [-0.15, -0.1) is 5.10 Å². The lowest BCUT2D eigenvalue weighted by atomic mass is 10.2. The zero-order chi connectivity index (χ0) is 13.7. The Morgan fingerprint density at radius 3 is 2.79 bits per heavy atom. The van der Waals surface area contributed by atoms with Gasteiger partial charge >= 0.3 is 5.97 Å². The Balaban J connectivity index is 1.80. The minimum atomic E-state index is -0.914. The highest BCUT2D eigenvalue weighted by molar-refractivity contribution is 5.69. The normalized spacial score (nSPS) is 10.4. The van der Waals surface area contributed by atoms with E-state index in [4.69, 9.17) is 9.84 Å². The lowest BCUT2D eigenvalue weighted by Gasteiger charge is -2.05. The van der Waals surface area contributed by atoms with E-state index in [9.17, 15) is 4.79 Å². The van der Waals surface area contributed by atoms with E-state index in [1.54, 1.807) is 10.9 Å². The molecule has 19 heavy (non-hydrogen) atoms. The number of carboxylic acid groups (broad SMARTS) is 1. The Kier molecular flexibility index (Phi) is 4.12. The highest BCUT2D eigenvalue weighted by Gasteiger charge is 2.05. The van der Waals surface area contributed by atoms with Crippen molar-refractivity contribution in [1.82, 2.24) is 15.0 Å². The number of hydrogen-bond donors (Lipinski definition) is 1. The second kappa shape index (κ2) is 5.99. The summed E-state index contributed by atoms with van der Waals surface area (Å²) in [4.78, 5) is 10.5. The number of aliphatic carboxylic acids is 1. The molecule has 0 spiro atoms. The van der Waals surface area contributed by atoms with Crippen LogP contribution in [0.15, 0.2) is 30.5 Å². The number of hydrogen-bond acceptors (Lipinski definition) is 4. The number of carbonyl (C=O) groups is 1. The van der Waals surface area contributed by atoms with Gasteiger partial charge in [0.2, 0.25) is 0 Å². The molecule has 6 heteroatoms. The van der Waals surface area contributed by atoms with Crippen LogP contribution in [0.4, 0.5) is 0 Å². The molecule has 0 fully saturated rings. The molecule has 0 saturated heterocycles. The molecule has 1 aromatic carbocycles. The number of aromatic nitrogens is 3. The van der Waals surface area contributed by atoms with Crippen molar-refractivity contribution in [3.63, 3.8) is 0 Å². The average molecular weight is 261 g/mol. The Morgan fingerprint density at radius 2 is 2.11 bits per heavy atom. The van der Waals surface area contributed by atoms with Gasteiger partial charge in [-0.2, -0.15) is 0 Å². The maximum Gasteiger partial charge on any atom is 0.309 e. The molecule has 0 unspecified atom stereocenters. The number of ether oxygens (including phenoxy) is 1. The molecule has 6 nitrogen and oxygen atoms in total. The van der Waals surface area contributed by atoms with Gasteiger partial charge in [0.15, 0.2) is 0 Å². The monoisotopic (exact) mass is 261 g/mol. The minimum Gasteiger partial charge on any atom is -0.492 e. The quantitative estimate of drug-likeness (QED) is 0.847. The molecule has 1 N–H and O–H groups in total. The molecule has 0 aliphatic carbocycles. The van der Waals surface area contributed by atoms with Gasteiger partial charge in [0, 0.05) is 6.20 Å². The van der Waals surface area contributed by atoms with E-state index in [-0.39, 0.29) is 6.42 Å². The Morgan fingerprint density at radius 1 is 1.37 bits per heavy atom. The van der Waals surface area contributed by atoms with Crippen molar-refractivity contribution >= 4 is 5.97 Å². The summed E-state index contributed by atoms with van der Waals surface area (Å²) in [5, 5.41) is 16.2. The lowest BCUT2D eigenvalue weighted by Crippen LogP contribution is -2.08.